The highest BCUT2D eigenvalue weighted by Crippen LogP contribution is 2.17. The Hall–Kier alpha value is -1.35. The van der Waals surface area contributed by atoms with Gasteiger partial charge in [-0.15, -0.1) is 0 Å². The second-order valence-corrected chi connectivity index (χ2v) is 4.16. The molecule has 0 saturated carbocycles. The van der Waals surface area contributed by atoms with Gasteiger partial charge in [0.15, 0.2) is 0 Å². The number of anilines is 1. The predicted molar refractivity (Wildman–Crippen MR) is 60.9 cm³/mol. The molecule has 3 nitrogen and oxygen atoms in total. The van der Waals surface area contributed by atoms with E-state index in [1.54, 1.807) is 0 Å². The molecule has 0 aromatic heterocycles. The van der Waals surface area contributed by atoms with Gasteiger partial charge in [-0.25, -0.2) is 0 Å². The molecule has 80 valence electrons. The number of nitrogens with one attached hydrogen (secondary N) is 2. The zero-order valence-electron chi connectivity index (χ0n) is 9.13. The Morgan fingerprint density at radius 2 is 2.13 bits per heavy atom. The lowest BCUT2D eigenvalue weighted by Crippen LogP contribution is -2.48. The molecule has 1 aliphatic rings. The van der Waals surface area contributed by atoms with Gasteiger partial charge < -0.3 is 10.6 Å². The smallest absolute Gasteiger partial charge is 0.230 e. The monoisotopic (exact) mass is 204 g/mol. The zero-order chi connectivity index (χ0) is 10.8. The van der Waals surface area contributed by atoms with Gasteiger partial charge in [0.05, 0.1) is 5.92 Å². The van der Waals surface area contributed by atoms with Crippen molar-refractivity contribution >= 4 is 11.6 Å². The fourth-order valence-corrected chi connectivity index (χ4v) is 1.66. The maximum atomic E-state index is 11.7. The normalized spacial score (nSPS) is 15.9. The van der Waals surface area contributed by atoms with Gasteiger partial charge in [0.25, 0.3) is 0 Å². The number of hydrogen-bond acceptors (Lipinski definition) is 2. The Bertz CT molecular complexity index is 383. The summed E-state index contributed by atoms with van der Waals surface area (Å²) in [5.41, 5.74) is 3.27. The lowest BCUT2D eigenvalue weighted by Gasteiger charge is -2.26. The van der Waals surface area contributed by atoms with Crippen molar-refractivity contribution < 1.29 is 4.79 Å². The molecule has 1 saturated heterocycles. The maximum Gasteiger partial charge on any atom is 0.230 e. The minimum absolute atomic E-state index is 0.126. The van der Waals surface area contributed by atoms with E-state index in [0.29, 0.717) is 0 Å². The Morgan fingerprint density at radius 1 is 1.40 bits per heavy atom. The van der Waals surface area contributed by atoms with Crippen LogP contribution in [-0.2, 0) is 4.79 Å². The van der Waals surface area contributed by atoms with E-state index in [0.717, 1.165) is 24.3 Å². The molecular formula is C12H16N2O. The van der Waals surface area contributed by atoms with E-state index < -0.39 is 0 Å². The predicted octanol–water partition coefficient (Wildman–Crippen LogP) is 1.46. The number of hydrogen-bond donors (Lipinski definition) is 2. The number of rotatable bonds is 2. The number of amides is 1. The third kappa shape index (κ3) is 2.18. The van der Waals surface area contributed by atoms with E-state index in [9.17, 15) is 4.79 Å². The van der Waals surface area contributed by atoms with E-state index in [-0.39, 0.29) is 11.8 Å². The van der Waals surface area contributed by atoms with Crippen molar-refractivity contribution in [2.45, 2.75) is 13.8 Å². The Kier molecular flexibility index (Phi) is 2.73. The lowest BCUT2D eigenvalue weighted by atomic mass is 10.0. The van der Waals surface area contributed by atoms with Gasteiger partial charge in [-0.05, 0) is 25.5 Å². The first-order chi connectivity index (χ1) is 7.16. The summed E-state index contributed by atoms with van der Waals surface area (Å²) in [6.45, 7) is 5.67. The van der Waals surface area contributed by atoms with Gasteiger partial charge >= 0.3 is 0 Å². The van der Waals surface area contributed by atoms with Crippen LogP contribution in [0.3, 0.4) is 0 Å². The summed E-state index contributed by atoms with van der Waals surface area (Å²) in [6, 6.07) is 6.06. The molecule has 2 rings (SSSR count). The molecule has 1 amide bonds. The van der Waals surface area contributed by atoms with Crippen LogP contribution in [0, 0.1) is 19.8 Å². The summed E-state index contributed by atoms with van der Waals surface area (Å²) in [6.07, 6.45) is 0. The highest BCUT2D eigenvalue weighted by Gasteiger charge is 2.24. The van der Waals surface area contributed by atoms with Gasteiger partial charge in [0.2, 0.25) is 5.91 Å². The van der Waals surface area contributed by atoms with Gasteiger partial charge in [0.1, 0.15) is 0 Å². The van der Waals surface area contributed by atoms with Crippen molar-refractivity contribution in [2.75, 3.05) is 18.4 Å². The van der Waals surface area contributed by atoms with Crippen LogP contribution in [0.2, 0.25) is 0 Å². The molecule has 0 spiro atoms. The van der Waals surface area contributed by atoms with Crippen LogP contribution >= 0.6 is 0 Å². The molecule has 1 fully saturated rings. The molecule has 3 heteroatoms. The molecule has 1 heterocycles. The van der Waals surface area contributed by atoms with Crippen molar-refractivity contribution in [3.63, 3.8) is 0 Å². The average Bonchev–Trinajstić information content (AvgIpc) is 2.07. The van der Waals surface area contributed by atoms with Crippen molar-refractivity contribution in [3.05, 3.63) is 29.3 Å². The first kappa shape index (κ1) is 10.2. The molecule has 1 aromatic carbocycles. The third-order valence-corrected chi connectivity index (χ3v) is 2.79. The van der Waals surface area contributed by atoms with Crippen molar-refractivity contribution in [3.8, 4) is 0 Å². The summed E-state index contributed by atoms with van der Waals surface area (Å²) < 4.78 is 0. The van der Waals surface area contributed by atoms with E-state index in [2.05, 4.69) is 23.6 Å². The summed E-state index contributed by atoms with van der Waals surface area (Å²) in [5, 5.41) is 6.05. The highest BCUT2D eigenvalue weighted by atomic mass is 16.2. The minimum atomic E-state index is 0.126. The number of carbonyl (C=O) groups is 1. The molecule has 0 unspecified atom stereocenters. The van der Waals surface area contributed by atoms with Crippen molar-refractivity contribution in [1.82, 2.24) is 5.32 Å². The standard InChI is InChI=1S/C12H16N2O/c1-8-3-4-11(9(2)5-8)14-12(15)10-6-13-7-10/h3-5,10,13H,6-7H2,1-2H3,(H,14,15). The van der Waals surface area contributed by atoms with Crippen molar-refractivity contribution in [1.29, 1.82) is 0 Å². The number of carbonyl (C=O) groups excluding carboxylic acids is 1. The maximum absolute atomic E-state index is 11.7. The van der Waals surface area contributed by atoms with Gasteiger partial charge in [-0.2, -0.15) is 0 Å². The van der Waals surface area contributed by atoms with E-state index in [1.807, 2.05) is 19.1 Å². The largest absolute Gasteiger partial charge is 0.326 e. The lowest BCUT2D eigenvalue weighted by molar-refractivity contribution is -0.121. The second-order valence-electron chi connectivity index (χ2n) is 4.16. The first-order valence-corrected chi connectivity index (χ1v) is 5.25. The Balaban J connectivity index is 2.06. The second kappa shape index (κ2) is 4.03. The summed E-state index contributed by atoms with van der Waals surface area (Å²) in [4.78, 5) is 11.7. The quantitative estimate of drug-likeness (QED) is 0.765. The highest BCUT2D eigenvalue weighted by molar-refractivity contribution is 5.94. The molecule has 15 heavy (non-hydrogen) atoms. The van der Waals surface area contributed by atoms with Crippen LogP contribution in [0.25, 0.3) is 0 Å². The molecule has 2 N–H and O–H groups in total. The Labute approximate surface area is 89.9 Å². The average molecular weight is 204 g/mol. The van der Waals surface area contributed by atoms with Crippen LogP contribution < -0.4 is 10.6 Å². The molecule has 0 atom stereocenters. The van der Waals surface area contributed by atoms with E-state index >= 15 is 0 Å². The first-order valence-electron chi connectivity index (χ1n) is 5.25. The molecule has 1 aromatic rings. The summed E-state index contributed by atoms with van der Waals surface area (Å²) in [5.74, 6) is 0.270. The molecule has 0 radical (unpaired) electrons. The van der Waals surface area contributed by atoms with Crippen LogP contribution in [0.5, 0.6) is 0 Å². The summed E-state index contributed by atoms with van der Waals surface area (Å²) >= 11 is 0. The van der Waals surface area contributed by atoms with Gasteiger partial charge in [-0.3, -0.25) is 4.79 Å². The summed E-state index contributed by atoms with van der Waals surface area (Å²) in [7, 11) is 0. The van der Waals surface area contributed by atoms with Crippen LogP contribution in [0.1, 0.15) is 11.1 Å². The van der Waals surface area contributed by atoms with E-state index in [4.69, 9.17) is 0 Å². The fourth-order valence-electron chi connectivity index (χ4n) is 1.66. The van der Waals surface area contributed by atoms with Gasteiger partial charge in [-0.1, -0.05) is 17.7 Å². The molecular weight excluding hydrogens is 188 g/mol. The van der Waals surface area contributed by atoms with Crippen LogP contribution in [-0.4, -0.2) is 19.0 Å². The van der Waals surface area contributed by atoms with E-state index in [1.165, 1.54) is 5.56 Å². The van der Waals surface area contributed by atoms with Gasteiger partial charge in [0, 0.05) is 18.8 Å². The molecule has 1 aliphatic heterocycles. The SMILES string of the molecule is Cc1ccc(NC(=O)C2CNC2)c(C)c1. The third-order valence-electron chi connectivity index (χ3n) is 2.79. The number of aryl methyl sites for hydroxylation is 2. The van der Waals surface area contributed by atoms with Crippen LogP contribution in [0.15, 0.2) is 18.2 Å². The zero-order valence-corrected chi connectivity index (χ0v) is 9.13. The fraction of sp³-hybridized carbons (Fsp3) is 0.417. The van der Waals surface area contributed by atoms with Crippen molar-refractivity contribution in [2.24, 2.45) is 5.92 Å². The molecule has 0 aliphatic carbocycles. The van der Waals surface area contributed by atoms with Crippen LogP contribution in [0.4, 0.5) is 5.69 Å². The topological polar surface area (TPSA) is 41.1 Å². The molecule has 0 bridgehead atoms. The number of benzene rings is 1. The Morgan fingerprint density at radius 3 is 2.67 bits per heavy atom. The minimum Gasteiger partial charge on any atom is -0.326 e.